The molecule has 0 aromatic carbocycles. The molecule has 1 atom stereocenters. The van der Waals surface area contributed by atoms with Gasteiger partial charge in [0.1, 0.15) is 5.76 Å². The van der Waals surface area contributed by atoms with Crippen LogP contribution in [0.2, 0.25) is 0 Å². The highest BCUT2D eigenvalue weighted by molar-refractivity contribution is 5.84. The van der Waals surface area contributed by atoms with Crippen LogP contribution in [0, 0.1) is 5.92 Å². The van der Waals surface area contributed by atoms with Crippen LogP contribution in [0.25, 0.3) is 0 Å². The number of carbonyl (C=O) groups is 2. The zero-order valence-electron chi connectivity index (χ0n) is 10.6. The van der Waals surface area contributed by atoms with Crippen LogP contribution >= 0.6 is 0 Å². The van der Waals surface area contributed by atoms with Crippen molar-refractivity contribution in [1.29, 1.82) is 0 Å². The molecule has 0 saturated carbocycles. The lowest BCUT2D eigenvalue weighted by atomic mass is 10.0. The van der Waals surface area contributed by atoms with Crippen LogP contribution in [0.3, 0.4) is 0 Å². The maximum atomic E-state index is 10.6. The van der Waals surface area contributed by atoms with Gasteiger partial charge in [0.05, 0.1) is 6.04 Å². The Hall–Kier alpha value is -2.03. The molecule has 0 fully saturated rings. The fraction of sp³-hybridized carbons (Fsp3) is 0.455. The molecule has 1 aromatic heterocycles. The van der Waals surface area contributed by atoms with Gasteiger partial charge in [-0.05, 0) is 18.1 Å². The van der Waals surface area contributed by atoms with Gasteiger partial charge < -0.3 is 20.4 Å². The first kappa shape index (κ1) is 18.0. The third kappa shape index (κ3) is 5.74. The Morgan fingerprint density at radius 1 is 1.25 bits per heavy atom. The minimum Gasteiger partial charge on any atom is -0.475 e. The lowest BCUT2D eigenvalue weighted by Gasteiger charge is -2.11. The Balaban J connectivity index is 0.000000441. The minimum absolute atomic E-state index is 0.0638. The number of furan rings is 1. The first-order chi connectivity index (χ1) is 8.96. The number of carboxylic acid groups (broad SMARTS) is 2. The Morgan fingerprint density at radius 3 is 1.95 bits per heavy atom. The summed E-state index contributed by atoms with van der Waals surface area (Å²) in [5.74, 6) is -3.14. The van der Waals surface area contributed by atoms with Crippen LogP contribution in [0.1, 0.15) is 36.2 Å². The number of hydrogen-bond donors (Lipinski definition) is 3. The van der Waals surface area contributed by atoms with Gasteiger partial charge in [-0.3, -0.25) is 0 Å². The van der Waals surface area contributed by atoms with Crippen LogP contribution in [0.4, 0.5) is 13.2 Å². The summed E-state index contributed by atoms with van der Waals surface area (Å²) in [5.41, 5.74) is 5.76. The van der Waals surface area contributed by atoms with E-state index >= 15 is 0 Å². The summed E-state index contributed by atoms with van der Waals surface area (Å²) in [6.07, 6.45) is -5.08. The van der Waals surface area contributed by atoms with Crippen LogP contribution in [0.5, 0.6) is 0 Å². The highest BCUT2D eigenvalue weighted by atomic mass is 19.4. The van der Waals surface area contributed by atoms with Gasteiger partial charge in [0.25, 0.3) is 0 Å². The number of rotatable bonds is 3. The summed E-state index contributed by atoms with van der Waals surface area (Å²) >= 11 is 0. The van der Waals surface area contributed by atoms with Gasteiger partial charge in [0.2, 0.25) is 5.76 Å². The molecule has 0 aliphatic heterocycles. The molecule has 0 radical (unpaired) electrons. The van der Waals surface area contributed by atoms with Crippen molar-refractivity contribution in [1.82, 2.24) is 0 Å². The highest BCUT2D eigenvalue weighted by Gasteiger charge is 2.38. The minimum atomic E-state index is -5.08. The van der Waals surface area contributed by atoms with Crippen molar-refractivity contribution in [2.75, 3.05) is 0 Å². The molecule has 0 spiro atoms. The molecule has 4 N–H and O–H groups in total. The first-order valence-corrected chi connectivity index (χ1v) is 5.35. The zero-order valence-corrected chi connectivity index (χ0v) is 10.6. The molecule has 0 amide bonds. The molecular weight excluding hydrogens is 283 g/mol. The molecule has 1 heterocycles. The Labute approximate surface area is 112 Å². The lowest BCUT2D eigenvalue weighted by molar-refractivity contribution is -0.192. The standard InChI is InChI=1S/C9H13NO3.C2HF3O2/c1-5(2)8(10)6-3-4-7(13-6)9(11)12;3-2(4,5)1(6)7/h3-5,8H,10H2,1-2H3,(H,11,12);(H,6,7)/t8-;/m1./s1. The van der Waals surface area contributed by atoms with Crippen LogP contribution in [-0.2, 0) is 4.79 Å². The highest BCUT2D eigenvalue weighted by Crippen LogP contribution is 2.20. The van der Waals surface area contributed by atoms with E-state index in [2.05, 4.69) is 0 Å². The molecule has 0 bridgehead atoms. The van der Waals surface area contributed by atoms with Gasteiger partial charge in [0.15, 0.2) is 0 Å². The average Bonchev–Trinajstić information content (AvgIpc) is 2.76. The van der Waals surface area contributed by atoms with Crippen LogP contribution in [0.15, 0.2) is 16.5 Å². The number of halogens is 3. The van der Waals surface area contributed by atoms with E-state index in [0.29, 0.717) is 5.76 Å². The van der Waals surface area contributed by atoms with Crippen LogP contribution in [-0.4, -0.2) is 28.3 Å². The number of hydrogen-bond acceptors (Lipinski definition) is 4. The zero-order chi connectivity index (χ0) is 16.1. The molecule has 0 aliphatic rings. The predicted octanol–water partition coefficient (Wildman–Crippen LogP) is 2.27. The second-order valence-electron chi connectivity index (χ2n) is 4.08. The van der Waals surface area contributed by atoms with Gasteiger partial charge in [-0.1, -0.05) is 13.8 Å². The fourth-order valence-corrected chi connectivity index (χ4v) is 0.975. The normalized spacial score (nSPS) is 12.6. The number of aliphatic carboxylic acids is 1. The van der Waals surface area contributed by atoms with Gasteiger partial charge in [0, 0.05) is 0 Å². The largest absolute Gasteiger partial charge is 0.490 e. The van der Waals surface area contributed by atoms with Crippen molar-refractivity contribution in [2.24, 2.45) is 11.7 Å². The third-order valence-electron chi connectivity index (χ3n) is 2.13. The molecule has 1 aromatic rings. The van der Waals surface area contributed by atoms with Crippen molar-refractivity contribution < 1.29 is 37.4 Å². The topological polar surface area (TPSA) is 114 Å². The Morgan fingerprint density at radius 2 is 1.70 bits per heavy atom. The summed E-state index contributed by atoms with van der Waals surface area (Å²) in [6.45, 7) is 3.90. The molecule has 0 saturated heterocycles. The van der Waals surface area contributed by atoms with E-state index in [0.717, 1.165) is 0 Å². The van der Waals surface area contributed by atoms with Crippen molar-refractivity contribution >= 4 is 11.9 Å². The SMILES string of the molecule is CC(C)[C@@H](N)c1ccc(C(=O)O)o1.O=C(O)C(F)(F)F. The van der Waals surface area contributed by atoms with Gasteiger partial charge in [-0.2, -0.15) is 13.2 Å². The molecule has 9 heteroatoms. The Bertz CT molecular complexity index is 467. The number of aromatic carboxylic acids is 1. The molecule has 6 nitrogen and oxygen atoms in total. The molecule has 0 aliphatic carbocycles. The number of nitrogens with two attached hydrogens (primary N) is 1. The third-order valence-corrected chi connectivity index (χ3v) is 2.13. The quantitative estimate of drug-likeness (QED) is 0.788. The smallest absolute Gasteiger partial charge is 0.475 e. The van der Waals surface area contributed by atoms with Crippen molar-refractivity contribution in [3.8, 4) is 0 Å². The number of alkyl halides is 3. The van der Waals surface area contributed by atoms with Gasteiger partial charge in [-0.25, -0.2) is 9.59 Å². The van der Waals surface area contributed by atoms with E-state index in [1.165, 1.54) is 6.07 Å². The van der Waals surface area contributed by atoms with E-state index in [9.17, 15) is 18.0 Å². The van der Waals surface area contributed by atoms with Crippen molar-refractivity contribution in [3.63, 3.8) is 0 Å². The maximum Gasteiger partial charge on any atom is 0.490 e. The monoisotopic (exact) mass is 297 g/mol. The first-order valence-electron chi connectivity index (χ1n) is 5.35. The second-order valence-corrected chi connectivity index (χ2v) is 4.08. The summed E-state index contributed by atoms with van der Waals surface area (Å²) < 4.78 is 36.8. The second kappa shape index (κ2) is 6.94. The van der Waals surface area contributed by atoms with Crippen molar-refractivity contribution in [2.45, 2.75) is 26.1 Å². The molecule has 114 valence electrons. The number of carboxylic acids is 2. The fourth-order valence-electron chi connectivity index (χ4n) is 0.975. The summed E-state index contributed by atoms with van der Waals surface area (Å²) in [5, 5.41) is 15.7. The Kier molecular flexibility index (Phi) is 6.24. The van der Waals surface area contributed by atoms with E-state index in [-0.39, 0.29) is 17.7 Å². The lowest BCUT2D eigenvalue weighted by Crippen LogP contribution is -2.21. The molecule has 0 unspecified atom stereocenters. The van der Waals surface area contributed by atoms with E-state index in [4.69, 9.17) is 25.2 Å². The van der Waals surface area contributed by atoms with Crippen LogP contribution < -0.4 is 5.73 Å². The van der Waals surface area contributed by atoms with Gasteiger partial charge >= 0.3 is 18.1 Å². The average molecular weight is 297 g/mol. The van der Waals surface area contributed by atoms with Gasteiger partial charge in [-0.15, -0.1) is 0 Å². The summed E-state index contributed by atoms with van der Waals surface area (Å²) in [6, 6.07) is 2.78. The van der Waals surface area contributed by atoms with Crippen molar-refractivity contribution in [3.05, 3.63) is 23.7 Å². The summed E-state index contributed by atoms with van der Waals surface area (Å²) in [4.78, 5) is 19.4. The summed E-state index contributed by atoms with van der Waals surface area (Å²) in [7, 11) is 0. The molecule has 20 heavy (non-hydrogen) atoms. The van der Waals surface area contributed by atoms with E-state index in [1.54, 1.807) is 6.07 Å². The van der Waals surface area contributed by atoms with E-state index in [1.807, 2.05) is 13.8 Å². The molecular formula is C11H14F3NO5. The maximum absolute atomic E-state index is 10.6. The molecule has 1 rings (SSSR count). The van der Waals surface area contributed by atoms with E-state index < -0.39 is 18.1 Å². The predicted molar refractivity (Wildman–Crippen MR) is 61.1 cm³/mol.